The van der Waals surface area contributed by atoms with E-state index in [0.29, 0.717) is 63.9 Å². The van der Waals surface area contributed by atoms with Gasteiger partial charge >= 0.3 is 13.7 Å². The second kappa shape index (κ2) is 17.4. The van der Waals surface area contributed by atoms with Crippen molar-refractivity contribution in [3.63, 3.8) is 0 Å². The summed E-state index contributed by atoms with van der Waals surface area (Å²) in [5.41, 5.74) is 2.10. The lowest BCUT2D eigenvalue weighted by Crippen LogP contribution is -2.61. The molecule has 8 unspecified atom stereocenters. The second-order valence-electron chi connectivity index (χ2n) is 11.5. The third-order valence-electron chi connectivity index (χ3n) is 8.27. The molecule has 4 N–H and O–H groups in total. The summed E-state index contributed by atoms with van der Waals surface area (Å²) in [7, 11) is -2.16. The van der Waals surface area contributed by atoms with Gasteiger partial charge in [0, 0.05) is 20.3 Å². The molecule has 1 aromatic heterocycles. The van der Waals surface area contributed by atoms with E-state index in [0.717, 1.165) is 48.8 Å². The Kier molecular flexibility index (Phi) is 14.0. The number of rotatable bonds is 18. The van der Waals surface area contributed by atoms with Crippen molar-refractivity contribution in [1.29, 1.82) is 0 Å². The molecule has 1 saturated heterocycles. The first-order chi connectivity index (χ1) is 21.6. The van der Waals surface area contributed by atoms with Crippen molar-refractivity contribution in [2.45, 2.75) is 63.8 Å². The number of morpholine rings is 1. The number of aliphatic hydroxyl groups excluding tert-OH is 2. The highest BCUT2D eigenvalue weighted by Crippen LogP contribution is 2.52. The van der Waals surface area contributed by atoms with E-state index in [9.17, 15) is 24.5 Å². The number of carbonyl (C=O) groups is 1. The third kappa shape index (κ3) is 10.9. The Balaban J connectivity index is 1.12. The van der Waals surface area contributed by atoms with Crippen LogP contribution in [0.3, 0.4) is 0 Å². The minimum Gasteiger partial charge on any atom is -0.449 e. The Morgan fingerprint density at radius 3 is 2.53 bits per heavy atom. The Bertz CT molecular complexity index is 1110. The number of amides is 1. The first-order valence-corrected chi connectivity index (χ1v) is 17.5. The summed E-state index contributed by atoms with van der Waals surface area (Å²) in [4.78, 5) is 27.0. The number of hydrogen-bond donors (Lipinski definition) is 4. The molecule has 1 saturated carbocycles. The van der Waals surface area contributed by atoms with E-state index in [1.165, 1.54) is 0 Å². The topological polar surface area (TPSA) is 205 Å². The van der Waals surface area contributed by atoms with Crippen LogP contribution < -0.4 is 5.32 Å². The van der Waals surface area contributed by atoms with Gasteiger partial charge in [0.05, 0.1) is 76.9 Å². The molecular weight excluding hydrogens is 617 g/mol. The SMILES string of the molecule is COCCOCCNC(=O)OCC1C2CCc3nnn(CCOCCON4C(O)C(C)OC(COP(C)(=O)O)C4O)c3CCC21. The lowest BCUT2D eigenvalue weighted by Gasteiger charge is -2.43. The molecule has 4 rings (SSSR count). The number of carbonyl (C=O) groups excluding carboxylic acids is 1. The Morgan fingerprint density at radius 1 is 1.04 bits per heavy atom. The molecule has 3 aliphatic rings. The number of alkyl carbamates (subject to hydrolysis) is 1. The average molecular weight is 666 g/mol. The standard InChI is InChI=1S/C27H48N5O12P/c1-18-25(33)32(26(34)24(44-18)17-43-45(3,36)37)42-15-14-40-11-9-31-23-7-5-20-19(4-6-22(23)29-30-31)21(20)16-41-27(35)28-8-10-39-13-12-38-2/h18-21,24-26,33-34H,4-17H2,1-3H3,(H,28,35)(H,36,37). The number of hydrogen-bond acceptors (Lipinski definition) is 14. The smallest absolute Gasteiger partial charge is 0.407 e. The highest BCUT2D eigenvalue weighted by Gasteiger charge is 2.50. The van der Waals surface area contributed by atoms with E-state index in [2.05, 4.69) is 15.6 Å². The lowest BCUT2D eigenvalue weighted by atomic mass is 10.0. The number of aromatic nitrogens is 3. The summed E-state index contributed by atoms with van der Waals surface area (Å²) in [6, 6.07) is 0. The van der Waals surface area contributed by atoms with Crippen molar-refractivity contribution in [3.05, 3.63) is 11.4 Å². The fourth-order valence-electron chi connectivity index (χ4n) is 5.83. The normalized spacial score (nSPS) is 29.6. The van der Waals surface area contributed by atoms with Crippen LogP contribution in [-0.4, -0.2) is 139 Å². The largest absolute Gasteiger partial charge is 0.449 e. The summed E-state index contributed by atoms with van der Waals surface area (Å²) >= 11 is 0. The first-order valence-electron chi connectivity index (χ1n) is 15.4. The van der Waals surface area contributed by atoms with Gasteiger partial charge in [-0.1, -0.05) is 5.21 Å². The number of methoxy groups -OCH3 is 1. The highest BCUT2D eigenvalue weighted by atomic mass is 31.2. The van der Waals surface area contributed by atoms with E-state index >= 15 is 0 Å². The fraction of sp³-hybridized carbons (Fsp3) is 0.889. The van der Waals surface area contributed by atoms with Crippen LogP contribution in [0.25, 0.3) is 0 Å². The maximum absolute atomic E-state index is 12.0. The number of ether oxygens (including phenoxy) is 5. The predicted molar refractivity (Wildman–Crippen MR) is 156 cm³/mol. The van der Waals surface area contributed by atoms with Crippen molar-refractivity contribution in [1.82, 2.24) is 25.4 Å². The van der Waals surface area contributed by atoms with E-state index in [1.54, 1.807) is 14.0 Å². The molecule has 18 heteroatoms. The van der Waals surface area contributed by atoms with E-state index in [-0.39, 0.29) is 19.8 Å². The molecule has 2 aliphatic carbocycles. The van der Waals surface area contributed by atoms with Crippen molar-refractivity contribution in [3.8, 4) is 0 Å². The van der Waals surface area contributed by atoms with Crippen LogP contribution in [0.15, 0.2) is 0 Å². The predicted octanol–water partition coefficient (Wildman–Crippen LogP) is -0.0856. The van der Waals surface area contributed by atoms with Gasteiger partial charge in [-0.25, -0.2) is 9.48 Å². The molecule has 258 valence electrons. The molecule has 17 nitrogen and oxygen atoms in total. The van der Waals surface area contributed by atoms with Crippen LogP contribution in [-0.2, 0) is 57.0 Å². The number of fused-ring (bicyclic) bond motifs is 2. The van der Waals surface area contributed by atoms with Crippen molar-refractivity contribution < 1.29 is 57.5 Å². The highest BCUT2D eigenvalue weighted by molar-refractivity contribution is 7.51. The maximum Gasteiger partial charge on any atom is 0.407 e. The molecular formula is C27H48N5O12P. The molecule has 0 spiro atoms. The van der Waals surface area contributed by atoms with Crippen LogP contribution >= 0.6 is 7.60 Å². The quantitative estimate of drug-likeness (QED) is 0.120. The van der Waals surface area contributed by atoms with Gasteiger partial charge in [-0.2, -0.15) is 0 Å². The second-order valence-corrected chi connectivity index (χ2v) is 13.4. The van der Waals surface area contributed by atoms with Gasteiger partial charge in [-0.3, -0.25) is 9.40 Å². The van der Waals surface area contributed by atoms with E-state index < -0.39 is 38.4 Å². The number of hydroxylamine groups is 2. The molecule has 0 radical (unpaired) electrons. The van der Waals surface area contributed by atoms with Gasteiger partial charge in [0.15, 0.2) is 12.5 Å². The molecule has 1 amide bonds. The number of nitrogens with one attached hydrogen (secondary N) is 1. The summed E-state index contributed by atoms with van der Waals surface area (Å²) < 4.78 is 45.1. The van der Waals surface area contributed by atoms with Crippen LogP contribution in [0, 0.1) is 17.8 Å². The molecule has 0 bridgehead atoms. The summed E-state index contributed by atoms with van der Waals surface area (Å²) in [6.45, 7) is 5.58. The Morgan fingerprint density at radius 2 is 1.78 bits per heavy atom. The zero-order valence-corrected chi connectivity index (χ0v) is 27.1. The van der Waals surface area contributed by atoms with Crippen molar-refractivity contribution >= 4 is 13.7 Å². The van der Waals surface area contributed by atoms with E-state index in [4.69, 9.17) is 33.0 Å². The van der Waals surface area contributed by atoms with Crippen LogP contribution in [0.2, 0.25) is 0 Å². The third-order valence-corrected chi connectivity index (χ3v) is 8.90. The minimum atomic E-state index is -3.77. The summed E-state index contributed by atoms with van der Waals surface area (Å²) in [5, 5.41) is 33.3. The van der Waals surface area contributed by atoms with Gasteiger partial charge < -0.3 is 48.6 Å². The molecule has 1 aromatic rings. The fourth-order valence-corrected chi connectivity index (χ4v) is 6.25. The molecule has 1 aliphatic heterocycles. The minimum absolute atomic E-state index is 0.0445. The average Bonchev–Trinajstić information content (AvgIpc) is 3.50. The lowest BCUT2D eigenvalue weighted by molar-refractivity contribution is -0.377. The van der Waals surface area contributed by atoms with Gasteiger partial charge in [0.25, 0.3) is 0 Å². The Hall–Kier alpha value is -1.76. The molecule has 0 aromatic carbocycles. The summed E-state index contributed by atoms with van der Waals surface area (Å²) in [6.07, 6.45) is -1.19. The monoisotopic (exact) mass is 665 g/mol. The number of aryl methyl sites for hydroxylation is 1. The molecule has 2 fully saturated rings. The molecule has 8 atom stereocenters. The summed E-state index contributed by atoms with van der Waals surface area (Å²) in [5.74, 6) is 1.39. The Labute approximate surface area is 262 Å². The van der Waals surface area contributed by atoms with E-state index in [1.807, 2.05) is 4.68 Å². The van der Waals surface area contributed by atoms with Crippen LogP contribution in [0.5, 0.6) is 0 Å². The number of aliphatic hydroxyl groups is 2. The van der Waals surface area contributed by atoms with Gasteiger partial charge in [-0.05, 0) is 50.4 Å². The zero-order valence-electron chi connectivity index (χ0n) is 26.2. The van der Waals surface area contributed by atoms with Gasteiger partial charge in [0.1, 0.15) is 6.10 Å². The van der Waals surface area contributed by atoms with Crippen molar-refractivity contribution in [2.24, 2.45) is 17.8 Å². The molecule has 45 heavy (non-hydrogen) atoms. The van der Waals surface area contributed by atoms with Crippen molar-refractivity contribution in [2.75, 3.05) is 73.2 Å². The number of nitrogens with zero attached hydrogens (tertiary/aromatic N) is 4. The van der Waals surface area contributed by atoms with Gasteiger partial charge in [0.2, 0.25) is 0 Å². The first kappa shape index (κ1) is 36.1. The van der Waals surface area contributed by atoms with Crippen LogP contribution in [0.4, 0.5) is 4.79 Å². The molecule has 2 heterocycles. The van der Waals surface area contributed by atoms with Gasteiger partial charge in [-0.15, -0.1) is 10.2 Å². The van der Waals surface area contributed by atoms with Crippen LogP contribution in [0.1, 0.15) is 31.2 Å². The maximum atomic E-state index is 12.0. The zero-order chi connectivity index (χ0) is 32.4.